The molecule has 3 aliphatic heterocycles. The van der Waals surface area contributed by atoms with Gasteiger partial charge in [0.1, 0.15) is 6.10 Å². The van der Waals surface area contributed by atoms with E-state index in [1.165, 1.54) is 11.6 Å². The number of piperidine rings is 1. The Bertz CT molecular complexity index is 995. The minimum absolute atomic E-state index is 0.168. The first-order chi connectivity index (χ1) is 16.0. The minimum atomic E-state index is -0.512. The van der Waals surface area contributed by atoms with Gasteiger partial charge in [0, 0.05) is 32.7 Å². The molecule has 6 heteroatoms. The van der Waals surface area contributed by atoms with Gasteiger partial charge in [-0.2, -0.15) is 0 Å². The number of carbonyl (C=O) groups is 1. The van der Waals surface area contributed by atoms with Crippen molar-refractivity contribution in [2.75, 3.05) is 32.9 Å². The lowest BCUT2D eigenvalue weighted by atomic mass is 9.72. The molecule has 1 spiro atoms. The molecular weight excluding hydrogens is 421 g/mol. The topological polar surface area (TPSA) is 48.0 Å². The van der Waals surface area contributed by atoms with Crippen molar-refractivity contribution in [2.45, 2.75) is 56.1 Å². The van der Waals surface area contributed by atoms with E-state index in [2.05, 4.69) is 25.1 Å². The van der Waals surface area contributed by atoms with Crippen molar-refractivity contribution in [3.05, 3.63) is 65.5 Å². The smallest absolute Gasteiger partial charge is 0.233 e. The molecule has 1 amide bonds. The van der Waals surface area contributed by atoms with Crippen LogP contribution >= 0.6 is 0 Å². The zero-order valence-electron chi connectivity index (χ0n) is 19.2. The van der Waals surface area contributed by atoms with Gasteiger partial charge in [0.25, 0.3) is 0 Å². The van der Waals surface area contributed by atoms with Gasteiger partial charge in [-0.25, -0.2) is 4.39 Å². The Hall–Kier alpha value is -2.44. The van der Waals surface area contributed by atoms with Gasteiger partial charge in [-0.1, -0.05) is 42.0 Å². The van der Waals surface area contributed by atoms with Crippen LogP contribution in [0.25, 0.3) is 0 Å². The number of amides is 1. The summed E-state index contributed by atoms with van der Waals surface area (Å²) in [7, 11) is 0. The van der Waals surface area contributed by atoms with E-state index < -0.39 is 5.41 Å². The lowest BCUT2D eigenvalue weighted by Gasteiger charge is -2.44. The Morgan fingerprint density at radius 3 is 2.55 bits per heavy atom. The van der Waals surface area contributed by atoms with E-state index in [0.717, 1.165) is 24.8 Å². The molecule has 33 heavy (non-hydrogen) atoms. The summed E-state index contributed by atoms with van der Waals surface area (Å²) >= 11 is 0. The molecule has 0 radical (unpaired) electrons. The van der Waals surface area contributed by atoms with Crippen LogP contribution in [0, 0.1) is 12.7 Å². The maximum Gasteiger partial charge on any atom is 0.233 e. The van der Waals surface area contributed by atoms with E-state index in [1.54, 1.807) is 18.2 Å². The predicted octanol–water partition coefficient (Wildman–Crippen LogP) is 4.41. The molecule has 5 rings (SSSR count). The van der Waals surface area contributed by atoms with Crippen LogP contribution in [0.1, 0.15) is 43.2 Å². The number of hydrogen-bond acceptors (Lipinski definition) is 4. The second kappa shape index (κ2) is 9.07. The van der Waals surface area contributed by atoms with Crippen LogP contribution in [0.3, 0.4) is 0 Å². The van der Waals surface area contributed by atoms with Crippen LogP contribution in [0.15, 0.2) is 48.5 Å². The van der Waals surface area contributed by atoms with Gasteiger partial charge >= 0.3 is 0 Å². The Balaban J connectivity index is 1.25. The fraction of sp³-hybridized carbons (Fsp3) is 0.519. The summed E-state index contributed by atoms with van der Waals surface area (Å²) in [6.45, 7) is 5.07. The maximum absolute atomic E-state index is 14.0. The van der Waals surface area contributed by atoms with E-state index >= 15 is 0 Å². The van der Waals surface area contributed by atoms with E-state index in [9.17, 15) is 9.18 Å². The van der Waals surface area contributed by atoms with Crippen LogP contribution in [0.2, 0.25) is 0 Å². The Morgan fingerprint density at radius 1 is 1.06 bits per heavy atom. The molecule has 3 aliphatic rings. The fourth-order valence-electron chi connectivity index (χ4n) is 5.66. The molecule has 0 unspecified atom stereocenters. The molecule has 176 valence electrons. The Kier molecular flexibility index (Phi) is 6.14. The second-order valence-electron chi connectivity index (χ2n) is 9.72. The van der Waals surface area contributed by atoms with Crippen molar-refractivity contribution in [1.82, 2.24) is 4.90 Å². The third kappa shape index (κ3) is 4.38. The highest BCUT2D eigenvalue weighted by atomic mass is 19.1. The largest absolute Gasteiger partial charge is 0.485 e. The van der Waals surface area contributed by atoms with Gasteiger partial charge in [0.05, 0.1) is 17.6 Å². The van der Waals surface area contributed by atoms with E-state index in [-0.39, 0.29) is 29.2 Å². The molecule has 1 atom stereocenters. The van der Waals surface area contributed by atoms with Gasteiger partial charge < -0.3 is 19.1 Å². The number of hydrogen-bond donors (Lipinski definition) is 0. The molecule has 3 fully saturated rings. The summed E-state index contributed by atoms with van der Waals surface area (Å²) in [4.78, 5) is 15.9. The number of rotatable bonds is 4. The van der Waals surface area contributed by atoms with Gasteiger partial charge in [-0.05, 0) is 50.3 Å². The molecule has 0 bridgehead atoms. The first kappa shape index (κ1) is 22.4. The van der Waals surface area contributed by atoms with Crippen molar-refractivity contribution in [3.8, 4) is 5.75 Å². The number of benzene rings is 2. The zero-order chi connectivity index (χ0) is 22.9. The van der Waals surface area contributed by atoms with Crippen LogP contribution < -0.4 is 4.74 Å². The van der Waals surface area contributed by atoms with E-state index in [1.807, 2.05) is 11.0 Å². The fourth-order valence-corrected chi connectivity index (χ4v) is 5.66. The third-order valence-electron chi connectivity index (χ3n) is 7.59. The second-order valence-corrected chi connectivity index (χ2v) is 9.72. The highest BCUT2D eigenvalue weighted by molar-refractivity contribution is 5.88. The molecule has 3 heterocycles. The summed E-state index contributed by atoms with van der Waals surface area (Å²) in [6, 6.07) is 14.8. The summed E-state index contributed by atoms with van der Waals surface area (Å²) in [5.74, 6) is 0.135. The lowest BCUT2D eigenvalue weighted by molar-refractivity contribution is -0.146. The van der Waals surface area contributed by atoms with Gasteiger partial charge in [-0.15, -0.1) is 0 Å². The standard InChI is InChI=1S/C27H32FNO4/c1-20-5-4-6-21(17-20)27(11-15-31-16-12-27)25(30)29-13-9-26(10-14-29)18-22(19-32-26)33-24-8-3-2-7-23(24)28/h2-8,17,22H,9-16,18-19H2,1H3/t22-/m1/s1. The van der Waals surface area contributed by atoms with Crippen molar-refractivity contribution < 1.29 is 23.4 Å². The summed E-state index contributed by atoms with van der Waals surface area (Å²) in [5, 5.41) is 0. The van der Waals surface area contributed by atoms with Crippen molar-refractivity contribution in [3.63, 3.8) is 0 Å². The van der Waals surface area contributed by atoms with Gasteiger partial charge in [-0.3, -0.25) is 4.79 Å². The molecular formula is C27H32FNO4. The van der Waals surface area contributed by atoms with Crippen molar-refractivity contribution in [2.24, 2.45) is 0 Å². The molecule has 0 N–H and O–H groups in total. The number of nitrogens with zero attached hydrogens (tertiary/aromatic N) is 1. The SMILES string of the molecule is Cc1cccc(C2(C(=O)N3CCC4(CC3)C[C@@H](Oc3ccccc3F)CO4)CCOCC2)c1. The number of aryl methyl sites for hydroxylation is 1. The van der Waals surface area contributed by atoms with Crippen LogP contribution in [0.5, 0.6) is 5.75 Å². The summed E-state index contributed by atoms with van der Waals surface area (Å²) < 4.78 is 31.7. The molecule has 0 aliphatic carbocycles. The highest BCUT2D eigenvalue weighted by Crippen LogP contribution is 2.41. The van der Waals surface area contributed by atoms with Crippen molar-refractivity contribution >= 4 is 5.91 Å². The summed E-state index contributed by atoms with van der Waals surface area (Å²) in [6.07, 6.45) is 3.53. The van der Waals surface area contributed by atoms with E-state index in [0.29, 0.717) is 45.8 Å². The number of likely N-dealkylation sites (tertiary alicyclic amines) is 1. The zero-order valence-corrected chi connectivity index (χ0v) is 19.2. The average molecular weight is 454 g/mol. The van der Waals surface area contributed by atoms with Gasteiger partial charge in [0.2, 0.25) is 5.91 Å². The van der Waals surface area contributed by atoms with E-state index in [4.69, 9.17) is 14.2 Å². The number of para-hydroxylation sites is 1. The lowest BCUT2D eigenvalue weighted by Crippen LogP contribution is -2.54. The molecule has 3 saturated heterocycles. The number of ether oxygens (including phenoxy) is 3. The Morgan fingerprint density at radius 2 is 1.82 bits per heavy atom. The molecule has 5 nitrogen and oxygen atoms in total. The minimum Gasteiger partial charge on any atom is -0.485 e. The number of carbonyl (C=O) groups excluding carboxylic acids is 1. The summed E-state index contributed by atoms with van der Waals surface area (Å²) in [5.41, 5.74) is 1.47. The van der Waals surface area contributed by atoms with Gasteiger partial charge in [0.15, 0.2) is 11.6 Å². The highest BCUT2D eigenvalue weighted by Gasteiger charge is 2.48. The first-order valence-electron chi connectivity index (χ1n) is 12.0. The third-order valence-corrected chi connectivity index (χ3v) is 7.59. The molecule has 0 saturated carbocycles. The predicted molar refractivity (Wildman–Crippen MR) is 123 cm³/mol. The maximum atomic E-state index is 14.0. The Labute approximate surface area is 194 Å². The molecule has 2 aromatic rings. The molecule has 2 aromatic carbocycles. The van der Waals surface area contributed by atoms with Crippen LogP contribution in [-0.4, -0.2) is 55.4 Å². The monoisotopic (exact) mass is 453 g/mol. The number of halogens is 1. The molecule has 0 aromatic heterocycles. The van der Waals surface area contributed by atoms with Crippen molar-refractivity contribution in [1.29, 1.82) is 0 Å². The average Bonchev–Trinajstić information content (AvgIpc) is 3.23. The first-order valence-corrected chi connectivity index (χ1v) is 12.0. The normalized spacial score (nSPS) is 24.1. The van der Waals surface area contributed by atoms with Crippen LogP contribution in [-0.2, 0) is 19.7 Å². The van der Waals surface area contributed by atoms with Crippen LogP contribution in [0.4, 0.5) is 4.39 Å². The quantitative estimate of drug-likeness (QED) is 0.688.